The van der Waals surface area contributed by atoms with Gasteiger partial charge in [-0.15, -0.1) is 11.3 Å². The molecule has 0 saturated heterocycles. The lowest BCUT2D eigenvalue weighted by molar-refractivity contribution is -0.139. The predicted octanol–water partition coefficient (Wildman–Crippen LogP) is 0.0225. The highest BCUT2D eigenvalue weighted by atomic mass is 32.1. The van der Waals surface area contributed by atoms with E-state index in [0.29, 0.717) is 9.55 Å². The van der Waals surface area contributed by atoms with Crippen molar-refractivity contribution < 1.29 is 19.8 Å². The number of hydrogen-bond acceptors (Lipinski definition) is 5. The highest BCUT2D eigenvalue weighted by Gasteiger charge is 2.23. The van der Waals surface area contributed by atoms with Crippen LogP contribution in [0.1, 0.15) is 10.9 Å². The summed E-state index contributed by atoms with van der Waals surface area (Å²) in [6, 6.07) is 1.10. The number of aliphatic carboxylic acids is 1. The number of carbonyl (C=O) groups excluding carboxylic acids is 1. The molecule has 1 unspecified atom stereocenters. The molecule has 0 aromatic carbocycles. The van der Waals surface area contributed by atoms with Crippen LogP contribution in [0.25, 0.3) is 0 Å². The highest BCUT2D eigenvalue weighted by molar-refractivity contribution is 7.10. The lowest BCUT2D eigenvalue weighted by Crippen LogP contribution is -2.41. The van der Waals surface area contributed by atoms with Crippen molar-refractivity contribution in [2.75, 3.05) is 5.43 Å². The van der Waals surface area contributed by atoms with Crippen LogP contribution >= 0.6 is 11.3 Å². The number of aromatic amines is 1. The molecule has 0 aliphatic heterocycles. The van der Waals surface area contributed by atoms with Crippen LogP contribution in [-0.4, -0.2) is 31.9 Å². The summed E-state index contributed by atoms with van der Waals surface area (Å²) in [7, 11) is 0. The van der Waals surface area contributed by atoms with Crippen molar-refractivity contribution in [3.63, 3.8) is 0 Å². The van der Waals surface area contributed by atoms with Crippen molar-refractivity contribution in [3.8, 4) is 5.88 Å². The number of carbonyl (C=O) groups is 2. The Labute approximate surface area is 115 Å². The molecule has 10 heteroatoms. The average Bonchev–Trinajstić information content (AvgIpc) is 2.97. The number of hydrogen-bond donors (Lipinski definition) is 5. The highest BCUT2D eigenvalue weighted by Crippen LogP contribution is 2.18. The Morgan fingerprint density at radius 1 is 1.45 bits per heavy atom. The molecule has 0 saturated carbocycles. The Bertz CT molecular complexity index is 674. The summed E-state index contributed by atoms with van der Waals surface area (Å²) < 4.78 is 0.692. The zero-order valence-corrected chi connectivity index (χ0v) is 10.7. The van der Waals surface area contributed by atoms with Crippen LogP contribution in [0.5, 0.6) is 5.88 Å². The van der Waals surface area contributed by atoms with Crippen molar-refractivity contribution in [2.24, 2.45) is 0 Å². The van der Waals surface area contributed by atoms with E-state index < -0.39 is 29.6 Å². The number of nitrogens with one attached hydrogen (secondary N) is 3. The van der Waals surface area contributed by atoms with E-state index >= 15 is 0 Å². The molecule has 2 rings (SSSR count). The van der Waals surface area contributed by atoms with E-state index in [0.717, 1.165) is 6.20 Å². The maximum Gasteiger partial charge on any atom is 0.347 e. The lowest BCUT2D eigenvalue weighted by Gasteiger charge is -2.13. The largest absolute Gasteiger partial charge is 0.493 e. The van der Waals surface area contributed by atoms with Crippen molar-refractivity contribution in [2.45, 2.75) is 6.04 Å². The van der Waals surface area contributed by atoms with Gasteiger partial charge in [-0.2, -0.15) is 0 Å². The number of H-pyrrole nitrogens is 1. The summed E-state index contributed by atoms with van der Waals surface area (Å²) in [5, 5.41) is 22.0. The van der Waals surface area contributed by atoms with E-state index in [1.807, 2.05) is 4.98 Å². The van der Waals surface area contributed by atoms with Gasteiger partial charge in [0.1, 0.15) is 0 Å². The van der Waals surface area contributed by atoms with Gasteiger partial charge in [0.05, 0.1) is 6.20 Å². The van der Waals surface area contributed by atoms with Gasteiger partial charge >= 0.3 is 17.7 Å². The number of carboxylic acids is 1. The predicted molar refractivity (Wildman–Crippen MR) is 69.3 cm³/mol. The minimum absolute atomic E-state index is 0.427. The first-order chi connectivity index (χ1) is 9.47. The number of imidazole rings is 1. The van der Waals surface area contributed by atoms with Crippen molar-refractivity contribution in [1.29, 1.82) is 0 Å². The third kappa shape index (κ3) is 2.98. The fraction of sp³-hybridized carbons (Fsp3) is 0.100. The van der Waals surface area contributed by atoms with E-state index in [1.165, 1.54) is 11.3 Å². The summed E-state index contributed by atoms with van der Waals surface area (Å²) in [4.78, 5) is 36.4. The first kappa shape index (κ1) is 13.7. The van der Waals surface area contributed by atoms with Crippen LogP contribution in [0, 0.1) is 0 Å². The van der Waals surface area contributed by atoms with Gasteiger partial charge in [-0.1, -0.05) is 6.07 Å². The number of aromatic hydroxyl groups is 1. The number of rotatable bonds is 4. The summed E-state index contributed by atoms with van der Waals surface area (Å²) >= 11 is 1.18. The summed E-state index contributed by atoms with van der Waals surface area (Å²) in [5.74, 6) is -1.66. The fourth-order valence-electron chi connectivity index (χ4n) is 1.45. The average molecular weight is 298 g/mol. The molecule has 0 spiro atoms. The third-order valence-electron chi connectivity index (χ3n) is 2.28. The van der Waals surface area contributed by atoms with Crippen LogP contribution in [0.4, 0.5) is 4.79 Å². The van der Waals surface area contributed by atoms with Crippen molar-refractivity contribution >= 4 is 23.3 Å². The Balaban J connectivity index is 2.08. The second kappa shape index (κ2) is 5.48. The molecule has 0 bridgehead atoms. The minimum Gasteiger partial charge on any atom is -0.493 e. The quantitative estimate of drug-likeness (QED) is 0.542. The minimum atomic E-state index is -1.23. The number of aromatic nitrogens is 2. The van der Waals surface area contributed by atoms with Crippen LogP contribution in [0.3, 0.4) is 0 Å². The SMILES string of the molecule is O=C(NC(C(=O)O)c1cccs1)Nn1cc(O)[nH]c1=O. The van der Waals surface area contributed by atoms with Gasteiger partial charge in [-0.25, -0.2) is 24.5 Å². The molecule has 20 heavy (non-hydrogen) atoms. The molecule has 2 heterocycles. The standard InChI is InChI=1S/C10H10N4O5S/c15-6-4-14(10(19)11-6)13-9(18)12-7(8(16)17)5-2-1-3-20-5/h1-4,7,15H,(H,11,19)(H,16,17)(H2,12,13,18). The molecule has 0 fully saturated rings. The van der Waals surface area contributed by atoms with E-state index in [1.54, 1.807) is 17.5 Å². The second-order valence-corrected chi connectivity index (χ2v) is 4.67. The number of urea groups is 1. The van der Waals surface area contributed by atoms with E-state index in [4.69, 9.17) is 10.2 Å². The Morgan fingerprint density at radius 3 is 2.70 bits per heavy atom. The second-order valence-electron chi connectivity index (χ2n) is 3.69. The maximum atomic E-state index is 11.6. The molecular formula is C10H10N4O5S. The summed E-state index contributed by atoms with van der Waals surface area (Å²) in [5.41, 5.74) is 1.32. The Morgan fingerprint density at radius 2 is 2.20 bits per heavy atom. The van der Waals surface area contributed by atoms with Gasteiger partial charge < -0.3 is 15.5 Å². The van der Waals surface area contributed by atoms with Crippen LogP contribution in [-0.2, 0) is 4.79 Å². The van der Waals surface area contributed by atoms with E-state index in [-0.39, 0.29) is 0 Å². The topological polar surface area (TPSA) is 136 Å². The van der Waals surface area contributed by atoms with Gasteiger partial charge in [0, 0.05) is 4.88 Å². The first-order valence-corrected chi connectivity index (χ1v) is 6.19. The molecule has 2 amide bonds. The molecular weight excluding hydrogens is 288 g/mol. The molecule has 0 radical (unpaired) electrons. The summed E-state index contributed by atoms with van der Waals surface area (Å²) in [6.07, 6.45) is 0.947. The maximum absolute atomic E-state index is 11.6. The normalized spacial score (nSPS) is 11.8. The molecule has 106 valence electrons. The molecule has 2 aromatic rings. The monoisotopic (exact) mass is 298 g/mol. The van der Waals surface area contributed by atoms with Gasteiger partial charge in [0.2, 0.25) is 5.88 Å². The molecule has 5 N–H and O–H groups in total. The van der Waals surface area contributed by atoms with Crippen molar-refractivity contribution in [1.82, 2.24) is 15.0 Å². The first-order valence-electron chi connectivity index (χ1n) is 5.31. The van der Waals surface area contributed by atoms with Gasteiger partial charge in [-0.05, 0) is 11.4 Å². The molecule has 2 aromatic heterocycles. The Kier molecular flexibility index (Phi) is 3.75. The van der Waals surface area contributed by atoms with E-state index in [9.17, 15) is 14.4 Å². The van der Waals surface area contributed by atoms with Gasteiger partial charge in [0.25, 0.3) is 0 Å². The van der Waals surface area contributed by atoms with Crippen LogP contribution in [0.15, 0.2) is 28.5 Å². The van der Waals surface area contributed by atoms with Crippen molar-refractivity contribution in [3.05, 3.63) is 39.1 Å². The van der Waals surface area contributed by atoms with E-state index in [2.05, 4.69) is 10.7 Å². The number of thiophene rings is 1. The third-order valence-corrected chi connectivity index (χ3v) is 3.21. The molecule has 0 aliphatic carbocycles. The molecule has 1 atom stereocenters. The smallest absolute Gasteiger partial charge is 0.347 e. The molecule has 0 aliphatic rings. The zero-order chi connectivity index (χ0) is 14.7. The lowest BCUT2D eigenvalue weighted by atomic mass is 10.2. The van der Waals surface area contributed by atoms with Gasteiger partial charge in [0.15, 0.2) is 6.04 Å². The number of amides is 2. The summed E-state index contributed by atoms with van der Waals surface area (Å²) in [6.45, 7) is 0. The fourth-order valence-corrected chi connectivity index (χ4v) is 2.22. The van der Waals surface area contributed by atoms with Crippen LogP contribution in [0.2, 0.25) is 0 Å². The molecule has 9 nitrogen and oxygen atoms in total. The van der Waals surface area contributed by atoms with Gasteiger partial charge in [-0.3, -0.25) is 4.98 Å². The Hall–Kier alpha value is -2.75. The van der Waals surface area contributed by atoms with Crippen LogP contribution < -0.4 is 16.4 Å². The number of carboxylic acid groups (broad SMARTS) is 1. The zero-order valence-electron chi connectivity index (χ0n) is 9.86. The number of nitrogens with zero attached hydrogens (tertiary/aromatic N) is 1.